The third-order valence-electron chi connectivity index (χ3n) is 8.20. The topological polar surface area (TPSA) is 60.7 Å². The molecule has 0 radical (unpaired) electrons. The third-order valence-corrected chi connectivity index (χ3v) is 10.8. The van der Waals surface area contributed by atoms with Gasteiger partial charge in [-0.15, -0.1) is 0 Å². The van der Waals surface area contributed by atoms with Crippen LogP contribution in [0.3, 0.4) is 0 Å². The molecule has 3 rings (SSSR count). The molecule has 0 spiro atoms. The van der Waals surface area contributed by atoms with Crippen molar-refractivity contribution in [1.29, 1.82) is 0 Å². The molecule has 0 aliphatic heterocycles. The Balaban J connectivity index is 1.89. The Hall–Kier alpha value is -2.03. The molecule has 0 saturated carbocycles. The van der Waals surface area contributed by atoms with Crippen molar-refractivity contribution in [2.45, 2.75) is 117 Å². The zero-order chi connectivity index (χ0) is 28.7. The second-order valence-electron chi connectivity index (χ2n) is 11.5. The van der Waals surface area contributed by atoms with Gasteiger partial charge in [0, 0.05) is 0 Å². The molecule has 4 heteroatoms. The second-order valence-corrected chi connectivity index (χ2v) is 14.4. The van der Waals surface area contributed by atoms with Crippen LogP contribution in [0, 0.1) is 0 Å². The van der Waals surface area contributed by atoms with E-state index in [4.69, 9.17) is 0 Å². The van der Waals surface area contributed by atoms with Gasteiger partial charge in [-0.2, -0.15) is 0 Å². The molecule has 0 heterocycles. The fraction of sp³-hybridized carbons (Fsp3) is 0.500. The summed E-state index contributed by atoms with van der Waals surface area (Å²) in [7, 11) is -5.39. The first-order valence-electron chi connectivity index (χ1n) is 15.9. The fourth-order valence-electron chi connectivity index (χ4n) is 5.90. The molecule has 0 bridgehead atoms. The van der Waals surface area contributed by atoms with Crippen LogP contribution in [0.25, 0.3) is 11.1 Å². The van der Waals surface area contributed by atoms with E-state index in [0.29, 0.717) is 17.0 Å². The van der Waals surface area contributed by atoms with Crippen molar-refractivity contribution >= 4 is 17.9 Å². The molecule has 220 valence electrons. The van der Waals surface area contributed by atoms with Gasteiger partial charge in [-0.05, 0) is 0 Å². The molecule has 0 aliphatic rings. The van der Waals surface area contributed by atoms with Gasteiger partial charge >= 0.3 is 244 Å². The van der Waals surface area contributed by atoms with Gasteiger partial charge in [0.05, 0.1) is 0 Å². The molecule has 0 aliphatic carbocycles. The van der Waals surface area contributed by atoms with E-state index >= 15 is 0 Å². The van der Waals surface area contributed by atoms with Crippen LogP contribution in [-0.4, -0.2) is 14.7 Å². The molecular formula is C36H53O3P. The summed E-state index contributed by atoms with van der Waals surface area (Å²) in [6, 6.07) is 23.2. The predicted octanol–water partition coefficient (Wildman–Crippen LogP) is 9.17. The summed E-state index contributed by atoms with van der Waals surface area (Å²) < 4.78 is 0. The molecule has 0 unspecified atom stereocenters. The minimum absolute atomic E-state index is 0.297. The van der Waals surface area contributed by atoms with Crippen LogP contribution in [0.4, 0.5) is 0 Å². The molecule has 0 aromatic heterocycles. The van der Waals surface area contributed by atoms with Crippen molar-refractivity contribution in [3.05, 3.63) is 83.9 Å². The Kier molecular flexibility index (Phi) is 13.3. The van der Waals surface area contributed by atoms with E-state index in [0.717, 1.165) is 54.4 Å². The van der Waals surface area contributed by atoms with E-state index in [1.165, 1.54) is 64.2 Å². The van der Waals surface area contributed by atoms with Crippen LogP contribution < -0.4 is 10.6 Å². The summed E-state index contributed by atoms with van der Waals surface area (Å²) in [4.78, 5) is 36.0. The van der Waals surface area contributed by atoms with E-state index in [-0.39, 0.29) is 0 Å². The zero-order valence-corrected chi connectivity index (χ0v) is 25.9. The van der Waals surface area contributed by atoms with Gasteiger partial charge in [-0.25, -0.2) is 0 Å². The molecule has 0 saturated heterocycles. The fourth-order valence-corrected chi connectivity index (χ4v) is 8.32. The average Bonchev–Trinajstić information content (AvgIpc) is 2.96. The van der Waals surface area contributed by atoms with Crippen LogP contribution in [0.2, 0.25) is 0 Å². The normalized spacial score (nSPS) is 12.8. The Morgan fingerprint density at radius 2 is 0.975 bits per heavy atom. The van der Waals surface area contributed by atoms with E-state index in [1.54, 1.807) is 12.1 Å². The zero-order valence-electron chi connectivity index (χ0n) is 25.0. The quantitative estimate of drug-likeness (QED) is 0.100. The monoisotopic (exact) mass is 564 g/mol. The van der Waals surface area contributed by atoms with Crippen molar-refractivity contribution in [3.8, 4) is 11.1 Å². The van der Waals surface area contributed by atoms with Crippen LogP contribution in [0.15, 0.2) is 72.8 Å². The van der Waals surface area contributed by atoms with Crippen molar-refractivity contribution < 1.29 is 14.7 Å². The molecule has 0 fully saturated rings. The summed E-state index contributed by atoms with van der Waals surface area (Å²) in [5.41, 5.74) is 3.71. The maximum atomic E-state index is 12.0. The summed E-state index contributed by atoms with van der Waals surface area (Å²) >= 11 is 0. The Labute approximate surface area is 243 Å². The van der Waals surface area contributed by atoms with Crippen LogP contribution in [-0.2, 0) is 12.8 Å². The van der Waals surface area contributed by atoms with E-state index in [9.17, 15) is 14.7 Å². The van der Waals surface area contributed by atoms with Crippen LogP contribution >= 0.6 is 7.28 Å². The van der Waals surface area contributed by atoms with Gasteiger partial charge in [0.2, 0.25) is 0 Å². The number of unbranched alkanes of at least 4 members (excludes halogenated alkanes) is 12. The first kappa shape index (κ1) is 32.5. The molecule has 40 heavy (non-hydrogen) atoms. The summed E-state index contributed by atoms with van der Waals surface area (Å²) in [5.74, 6) is 0. The Morgan fingerprint density at radius 3 is 1.60 bits per heavy atom. The van der Waals surface area contributed by atoms with Crippen molar-refractivity contribution in [1.82, 2.24) is 0 Å². The van der Waals surface area contributed by atoms with Crippen LogP contribution in [0.1, 0.15) is 115 Å². The number of benzene rings is 3. The maximum absolute atomic E-state index is 12.0. The second kappa shape index (κ2) is 16.4. The Bertz CT molecular complexity index is 1130. The number of hydrogen-bond acceptors (Lipinski definition) is 3. The first-order chi connectivity index (χ1) is 19.4. The van der Waals surface area contributed by atoms with Crippen molar-refractivity contribution in [3.63, 3.8) is 0 Å². The summed E-state index contributed by atoms with van der Waals surface area (Å²) in [6.45, 7) is 4.47. The molecule has 3 aromatic carbocycles. The average molecular weight is 565 g/mol. The van der Waals surface area contributed by atoms with Crippen LogP contribution in [0.5, 0.6) is 0 Å². The Morgan fingerprint density at radius 1 is 0.475 bits per heavy atom. The molecule has 0 amide bonds. The molecule has 3 N–H and O–H groups in total. The van der Waals surface area contributed by atoms with Crippen molar-refractivity contribution in [2.24, 2.45) is 0 Å². The van der Waals surface area contributed by atoms with E-state index in [2.05, 4.69) is 26.0 Å². The van der Waals surface area contributed by atoms with E-state index in [1.807, 2.05) is 48.5 Å². The summed E-state index contributed by atoms with van der Waals surface area (Å²) in [5, 5.41) is 0.593. The summed E-state index contributed by atoms with van der Waals surface area (Å²) in [6.07, 6.45) is 18.1. The number of aryl methyl sites for hydroxylation is 1. The van der Waals surface area contributed by atoms with Gasteiger partial charge in [-0.1, -0.05) is 0 Å². The predicted molar refractivity (Wildman–Crippen MR) is 175 cm³/mol. The molecule has 3 aromatic rings. The molecule has 0 atom stereocenters. The standard InChI is InChI=1S/C36H53O3P/c1-3-5-7-9-11-13-16-25-32-26-20-21-29-35(32)40(37,38,39)36-30-22-28-33(31-23-17-15-18-24-31)34(36)27-19-14-12-10-8-6-4-2/h15,17-18,20-24,26,28-30,37-39H,3-14,16,19,25,27H2,1-2H3. The third kappa shape index (κ3) is 9.25. The van der Waals surface area contributed by atoms with Gasteiger partial charge in [0.25, 0.3) is 0 Å². The van der Waals surface area contributed by atoms with Gasteiger partial charge in [-0.3, -0.25) is 0 Å². The molecule has 3 nitrogen and oxygen atoms in total. The first-order valence-corrected chi connectivity index (χ1v) is 18.0. The van der Waals surface area contributed by atoms with E-state index < -0.39 is 7.28 Å². The number of hydrogen-bond donors (Lipinski definition) is 3. The SMILES string of the molecule is CCCCCCCCCc1ccccc1P(O)(O)(O)c1cccc(-c2ccccc2)c1CCCCCCCCC. The van der Waals surface area contributed by atoms with Gasteiger partial charge in [0.15, 0.2) is 0 Å². The van der Waals surface area contributed by atoms with Gasteiger partial charge in [0.1, 0.15) is 0 Å². The van der Waals surface area contributed by atoms with Gasteiger partial charge < -0.3 is 0 Å². The number of rotatable bonds is 19. The van der Waals surface area contributed by atoms with Crippen molar-refractivity contribution in [2.75, 3.05) is 0 Å². The molecular weight excluding hydrogens is 511 g/mol. The minimum atomic E-state index is -5.39.